The van der Waals surface area contributed by atoms with E-state index in [-0.39, 0.29) is 0 Å². The lowest BCUT2D eigenvalue weighted by atomic mass is 9.73. The largest absolute Gasteiger partial charge is 0.301 e. The monoisotopic (exact) mass is 255 g/mol. The van der Waals surface area contributed by atoms with Crippen molar-refractivity contribution in [3.63, 3.8) is 0 Å². The maximum atomic E-state index is 2.52. The van der Waals surface area contributed by atoms with Crippen molar-refractivity contribution in [2.45, 2.75) is 80.2 Å². The summed E-state index contributed by atoms with van der Waals surface area (Å²) in [5.74, 6) is 1.59. The maximum absolute atomic E-state index is 2.52. The fourth-order valence-electron chi connectivity index (χ4n) is 2.60. The molecule has 0 aliphatic carbocycles. The second-order valence-electron chi connectivity index (χ2n) is 7.86. The Morgan fingerprint density at radius 1 is 1.00 bits per heavy atom. The van der Waals surface area contributed by atoms with E-state index < -0.39 is 0 Å². The van der Waals surface area contributed by atoms with Crippen molar-refractivity contribution in [2.75, 3.05) is 13.6 Å². The number of nitrogens with zero attached hydrogens (tertiary/aromatic N) is 1. The lowest BCUT2D eigenvalue weighted by Gasteiger charge is -2.38. The molecule has 1 unspecified atom stereocenters. The average Bonchev–Trinajstić information content (AvgIpc) is 2.23. The van der Waals surface area contributed by atoms with Crippen LogP contribution in [0, 0.1) is 17.3 Å². The molecule has 0 aliphatic heterocycles. The summed E-state index contributed by atoms with van der Waals surface area (Å²) in [5.41, 5.74) is 0.799. The molecule has 0 heterocycles. The van der Waals surface area contributed by atoms with E-state index in [0.29, 0.717) is 11.0 Å². The Kier molecular flexibility index (Phi) is 6.92. The van der Waals surface area contributed by atoms with Gasteiger partial charge < -0.3 is 4.90 Å². The zero-order valence-corrected chi connectivity index (χ0v) is 14.4. The van der Waals surface area contributed by atoms with Crippen LogP contribution in [0.25, 0.3) is 0 Å². The molecule has 0 aromatic heterocycles. The zero-order chi connectivity index (χ0) is 14.6. The summed E-state index contributed by atoms with van der Waals surface area (Å²) in [6, 6.07) is 0. The minimum atomic E-state index is 0.335. The summed E-state index contributed by atoms with van der Waals surface area (Å²) in [4.78, 5) is 2.52. The van der Waals surface area contributed by atoms with E-state index in [9.17, 15) is 0 Å². The maximum Gasteiger partial charge on any atom is 0.0147 e. The Balaban J connectivity index is 4.29. The predicted octanol–water partition coefficient (Wildman–Crippen LogP) is 5.21. The highest BCUT2D eigenvalue weighted by atomic mass is 15.2. The summed E-state index contributed by atoms with van der Waals surface area (Å²) in [7, 11) is 2.27. The zero-order valence-electron chi connectivity index (χ0n) is 14.4. The third-order valence-electron chi connectivity index (χ3n) is 5.06. The molecule has 110 valence electrons. The molecule has 0 amide bonds. The van der Waals surface area contributed by atoms with Gasteiger partial charge in [0.1, 0.15) is 0 Å². The summed E-state index contributed by atoms with van der Waals surface area (Å²) in [6.07, 6.45) is 3.85. The molecule has 0 saturated carbocycles. The summed E-state index contributed by atoms with van der Waals surface area (Å²) < 4.78 is 0. The molecule has 1 nitrogen and oxygen atoms in total. The Morgan fingerprint density at radius 3 is 1.89 bits per heavy atom. The van der Waals surface area contributed by atoms with Crippen LogP contribution in [0.15, 0.2) is 0 Å². The van der Waals surface area contributed by atoms with Crippen LogP contribution >= 0.6 is 0 Å². The van der Waals surface area contributed by atoms with Gasteiger partial charge in [-0.25, -0.2) is 0 Å². The lowest BCUT2D eigenvalue weighted by Crippen LogP contribution is -2.42. The van der Waals surface area contributed by atoms with Crippen molar-refractivity contribution in [1.82, 2.24) is 4.90 Å². The Labute approximate surface area is 116 Å². The standard InChI is InChI=1S/C17H37N/c1-10-17(7,8)18(9)12-11-15(4)16(5,6)13-14(2)3/h14-15H,10-13H2,1-9H3. The van der Waals surface area contributed by atoms with Crippen LogP contribution in [0.1, 0.15) is 74.7 Å². The minimum absolute atomic E-state index is 0.335. The molecule has 0 rings (SSSR count). The van der Waals surface area contributed by atoms with Gasteiger partial charge in [-0.2, -0.15) is 0 Å². The molecule has 0 spiro atoms. The van der Waals surface area contributed by atoms with Gasteiger partial charge in [0.25, 0.3) is 0 Å². The van der Waals surface area contributed by atoms with Crippen LogP contribution in [0.4, 0.5) is 0 Å². The van der Waals surface area contributed by atoms with E-state index in [0.717, 1.165) is 11.8 Å². The first-order valence-corrected chi connectivity index (χ1v) is 7.74. The van der Waals surface area contributed by atoms with Crippen molar-refractivity contribution in [1.29, 1.82) is 0 Å². The van der Waals surface area contributed by atoms with Gasteiger partial charge in [-0.3, -0.25) is 0 Å². The molecule has 0 aromatic carbocycles. The molecular formula is C17H37N. The molecule has 1 heteroatoms. The molecule has 0 saturated heterocycles. The van der Waals surface area contributed by atoms with Crippen molar-refractivity contribution in [2.24, 2.45) is 17.3 Å². The smallest absolute Gasteiger partial charge is 0.0147 e. The highest BCUT2D eigenvalue weighted by Gasteiger charge is 2.28. The molecular weight excluding hydrogens is 218 g/mol. The molecule has 0 bridgehead atoms. The first-order chi connectivity index (χ1) is 8.03. The normalized spacial score (nSPS) is 15.5. The van der Waals surface area contributed by atoms with E-state index in [4.69, 9.17) is 0 Å². The van der Waals surface area contributed by atoms with Gasteiger partial charge in [0.2, 0.25) is 0 Å². The number of hydrogen-bond acceptors (Lipinski definition) is 1. The van der Waals surface area contributed by atoms with E-state index in [1.165, 1.54) is 25.8 Å². The molecule has 1 atom stereocenters. The van der Waals surface area contributed by atoms with Crippen molar-refractivity contribution < 1.29 is 0 Å². The fraction of sp³-hybridized carbons (Fsp3) is 1.00. The first kappa shape index (κ1) is 18.0. The molecule has 0 fully saturated rings. The second-order valence-corrected chi connectivity index (χ2v) is 7.86. The first-order valence-electron chi connectivity index (χ1n) is 7.74. The molecule has 18 heavy (non-hydrogen) atoms. The van der Waals surface area contributed by atoms with Crippen LogP contribution in [-0.4, -0.2) is 24.0 Å². The molecule has 0 aliphatic rings. The molecule has 0 aromatic rings. The number of hydrogen-bond donors (Lipinski definition) is 0. The average molecular weight is 255 g/mol. The predicted molar refractivity (Wildman–Crippen MR) is 84.0 cm³/mol. The van der Waals surface area contributed by atoms with Crippen molar-refractivity contribution >= 4 is 0 Å². The lowest BCUT2D eigenvalue weighted by molar-refractivity contribution is 0.112. The highest BCUT2D eigenvalue weighted by Crippen LogP contribution is 2.36. The highest BCUT2D eigenvalue weighted by molar-refractivity contribution is 4.81. The van der Waals surface area contributed by atoms with Crippen LogP contribution in [0.5, 0.6) is 0 Å². The van der Waals surface area contributed by atoms with E-state index in [2.05, 4.69) is 67.3 Å². The van der Waals surface area contributed by atoms with Gasteiger partial charge in [-0.15, -0.1) is 0 Å². The molecule has 0 radical (unpaired) electrons. The third-order valence-corrected chi connectivity index (χ3v) is 5.06. The van der Waals surface area contributed by atoms with Crippen molar-refractivity contribution in [3.8, 4) is 0 Å². The van der Waals surface area contributed by atoms with Crippen LogP contribution < -0.4 is 0 Å². The number of rotatable bonds is 8. The topological polar surface area (TPSA) is 3.24 Å². The second kappa shape index (κ2) is 6.93. The van der Waals surface area contributed by atoms with Crippen molar-refractivity contribution in [3.05, 3.63) is 0 Å². The van der Waals surface area contributed by atoms with Gasteiger partial charge in [0, 0.05) is 5.54 Å². The van der Waals surface area contributed by atoms with E-state index in [1.807, 2.05) is 0 Å². The van der Waals surface area contributed by atoms with Gasteiger partial charge in [-0.05, 0) is 64.0 Å². The third kappa shape index (κ3) is 5.73. The summed E-state index contributed by atoms with van der Waals surface area (Å²) in [6.45, 7) is 20.1. The quantitative estimate of drug-likeness (QED) is 0.576. The van der Waals surface area contributed by atoms with Gasteiger partial charge in [-0.1, -0.05) is 41.5 Å². The fourth-order valence-corrected chi connectivity index (χ4v) is 2.60. The Morgan fingerprint density at radius 2 is 1.50 bits per heavy atom. The Hall–Kier alpha value is -0.0400. The SMILES string of the molecule is CCC(C)(C)N(C)CCC(C)C(C)(C)CC(C)C. The summed E-state index contributed by atoms with van der Waals surface area (Å²) >= 11 is 0. The van der Waals surface area contributed by atoms with Crippen LogP contribution in [0.2, 0.25) is 0 Å². The summed E-state index contributed by atoms with van der Waals surface area (Å²) in [5, 5.41) is 0. The van der Waals surface area contributed by atoms with E-state index >= 15 is 0 Å². The van der Waals surface area contributed by atoms with Gasteiger partial charge in [0.05, 0.1) is 0 Å². The minimum Gasteiger partial charge on any atom is -0.301 e. The Bertz CT molecular complexity index is 228. The van der Waals surface area contributed by atoms with Crippen LogP contribution in [-0.2, 0) is 0 Å². The van der Waals surface area contributed by atoms with Gasteiger partial charge >= 0.3 is 0 Å². The molecule has 0 N–H and O–H groups in total. The van der Waals surface area contributed by atoms with Gasteiger partial charge in [0.15, 0.2) is 0 Å². The van der Waals surface area contributed by atoms with Crippen LogP contribution in [0.3, 0.4) is 0 Å². The van der Waals surface area contributed by atoms with E-state index in [1.54, 1.807) is 0 Å².